The van der Waals surface area contributed by atoms with Gasteiger partial charge in [-0.3, -0.25) is 19.7 Å². The average Bonchev–Trinajstić information content (AvgIpc) is 3.22. The zero-order valence-electron chi connectivity index (χ0n) is 16.9. The molecular formula is C19H20N4O8S. The summed E-state index contributed by atoms with van der Waals surface area (Å²) in [5, 5.41) is 19.0. The second kappa shape index (κ2) is 9.51. The molecule has 2 aromatic carbocycles. The van der Waals surface area contributed by atoms with E-state index in [1.807, 2.05) is 0 Å². The Morgan fingerprint density at radius 1 is 1.06 bits per heavy atom. The number of hydrogen-bond donors (Lipinski definition) is 3. The third kappa shape index (κ3) is 5.63. The van der Waals surface area contributed by atoms with Gasteiger partial charge in [-0.25, -0.2) is 8.42 Å². The summed E-state index contributed by atoms with van der Waals surface area (Å²) in [6.45, 7) is 0.0724. The highest BCUT2D eigenvalue weighted by Crippen LogP contribution is 2.32. The molecule has 3 rings (SSSR count). The summed E-state index contributed by atoms with van der Waals surface area (Å²) in [5.74, 6) is 0.0748. The van der Waals surface area contributed by atoms with E-state index >= 15 is 0 Å². The second-order valence-corrected chi connectivity index (χ2v) is 8.75. The summed E-state index contributed by atoms with van der Waals surface area (Å²) in [4.78, 5) is 34.4. The van der Waals surface area contributed by atoms with Crippen LogP contribution in [0.3, 0.4) is 0 Å². The highest BCUT2D eigenvalue weighted by atomic mass is 32.2. The van der Waals surface area contributed by atoms with Crippen molar-refractivity contribution in [3.05, 3.63) is 52.1 Å². The van der Waals surface area contributed by atoms with Crippen molar-refractivity contribution < 1.29 is 32.4 Å². The molecule has 0 fully saturated rings. The van der Waals surface area contributed by atoms with Crippen molar-refractivity contribution in [1.29, 1.82) is 0 Å². The van der Waals surface area contributed by atoms with Crippen LogP contribution in [0.4, 0.5) is 11.4 Å². The van der Waals surface area contributed by atoms with E-state index < -0.39 is 32.3 Å². The van der Waals surface area contributed by atoms with Gasteiger partial charge in [-0.2, -0.15) is 0 Å². The van der Waals surface area contributed by atoms with E-state index in [1.165, 1.54) is 18.2 Å². The molecule has 0 bridgehead atoms. The third-order valence-electron chi connectivity index (χ3n) is 4.40. The minimum atomic E-state index is -3.59. The van der Waals surface area contributed by atoms with Crippen molar-refractivity contribution in [2.24, 2.45) is 0 Å². The van der Waals surface area contributed by atoms with Crippen LogP contribution >= 0.6 is 0 Å². The second-order valence-electron chi connectivity index (χ2n) is 6.74. The van der Waals surface area contributed by atoms with E-state index in [9.17, 15) is 28.1 Å². The summed E-state index contributed by atoms with van der Waals surface area (Å²) in [5.41, 5.74) is 0.0385. The van der Waals surface area contributed by atoms with Gasteiger partial charge in [0, 0.05) is 31.0 Å². The zero-order chi connectivity index (χ0) is 23.3. The molecule has 2 aromatic rings. The van der Waals surface area contributed by atoms with Gasteiger partial charge < -0.3 is 25.4 Å². The molecule has 0 aromatic heterocycles. The van der Waals surface area contributed by atoms with Gasteiger partial charge in [0.25, 0.3) is 11.6 Å². The molecule has 170 valence electrons. The van der Waals surface area contributed by atoms with Gasteiger partial charge in [0.2, 0.25) is 12.7 Å². The molecule has 32 heavy (non-hydrogen) atoms. The first-order valence-corrected chi connectivity index (χ1v) is 11.2. The molecule has 0 spiro atoms. The molecule has 12 nitrogen and oxygen atoms in total. The van der Waals surface area contributed by atoms with Crippen LogP contribution in [0.25, 0.3) is 0 Å². The molecule has 3 N–H and O–H groups in total. The van der Waals surface area contributed by atoms with Gasteiger partial charge in [0.05, 0.1) is 16.4 Å². The standard InChI is InChI=1S/C19H20N4O8S/c1-32(28,29)13-3-4-14(15(9-13)23(26)27)20-6-7-21-18(24)10-22-19(25)12-2-5-16-17(8-12)31-11-30-16/h2-5,8-9,20H,6-7,10-11H2,1H3,(H,21,24)(H,22,25). The summed E-state index contributed by atoms with van der Waals surface area (Å²) >= 11 is 0. The number of anilines is 1. The normalized spacial score (nSPS) is 12.2. The molecule has 0 unspecified atom stereocenters. The third-order valence-corrected chi connectivity index (χ3v) is 5.51. The molecular weight excluding hydrogens is 444 g/mol. The zero-order valence-corrected chi connectivity index (χ0v) is 17.7. The average molecular weight is 464 g/mol. The Balaban J connectivity index is 1.45. The maximum absolute atomic E-state index is 12.2. The summed E-state index contributed by atoms with van der Waals surface area (Å²) in [6, 6.07) is 8.19. The van der Waals surface area contributed by atoms with Crippen LogP contribution in [0.2, 0.25) is 0 Å². The fraction of sp³-hybridized carbons (Fsp3) is 0.263. The van der Waals surface area contributed by atoms with Crippen LogP contribution < -0.4 is 25.4 Å². The van der Waals surface area contributed by atoms with Crippen molar-refractivity contribution >= 4 is 33.0 Å². The molecule has 2 amide bonds. The molecule has 0 saturated carbocycles. The molecule has 0 atom stereocenters. The van der Waals surface area contributed by atoms with Crippen molar-refractivity contribution in [2.45, 2.75) is 4.90 Å². The SMILES string of the molecule is CS(=O)(=O)c1ccc(NCCNC(=O)CNC(=O)c2ccc3c(c2)OCO3)c([N+](=O)[O-])c1. The quantitative estimate of drug-likeness (QED) is 0.275. The van der Waals surface area contributed by atoms with E-state index in [-0.39, 0.29) is 37.0 Å². The molecule has 0 radical (unpaired) electrons. The van der Waals surface area contributed by atoms with Crippen LogP contribution in [0.1, 0.15) is 10.4 Å². The summed E-state index contributed by atoms with van der Waals surface area (Å²) < 4.78 is 33.5. The number of amides is 2. The minimum absolute atomic E-state index is 0.0852. The van der Waals surface area contributed by atoms with Crippen LogP contribution in [-0.2, 0) is 14.6 Å². The number of carbonyl (C=O) groups excluding carboxylic acids is 2. The molecule has 0 aliphatic carbocycles. The first-order chi connectivity index (χ1) is 15.1. The van der Waals surface area contributed by atoms with Gasteiger partial charge in [-0.1, -0.05) is 0 Å². The van der Waals surface area contributed by atoms with Gasteiger partial charge in [-0.05, 0) is 30.3 Å². The molecule has 1 aliphatic heterocycles. The number of ether oxygens (including phenoxy) is 2. The lowest BCUT2D eigenvalue weighted by Crippen LogP contribution is -2.38. The molecule has 0 saturated heterocycles. The lowest BCUT2D eigenvalue weighted by molar-refractivity contribution is -0.384. The number of sulfone groups is 1. The number of benzene rings is 2. The van der Waals surface area contributed by atoms with E-state index in [0.717, 1.165) is 12.3 Å². The highest BCUT2D eigenvalue weighted by molar-refractivity contribution is 7.90. The van der Waals surface area contributed by atoms with E-state index in [4.69, 9.17) is 9.47 Å². The van der Waals surface area contributed by atoms with Gasteiger partial charge >= 0.3 is 0 Å². The fourth-order valence-corrected chi connectivity index (χ4v) is 3.45. The smallest absolute Gasteiger partial charge is 0.293 e. The Labute approximate surface area is 183 Å². The Kier molecular flexibility index (Phi) is 6.78. The first-order valence-electron chi connectivity index (χ1n) is 9.32. The molecule has 1 heterocycles. The number of fused-ring (bicyclic) bond motifs is 1. The fourth-order valence-electron chi connectivity index (χ4n) is 2.80. The Morgan fingerprint density at radius 3 is 2.53 bits per heavy atom. The van der Waals surface area contributed by atoms with E-state index in [0.29, 0.717) is 17.1 Å². The lowest BCUT2D eigenvalue weighted by atomic mass is 10.2. The van der Waals surface area contributed by atoms with Gasteiger partial charge in [-0.15, -0.1) is 0 Å². The maximum Gasteiger partial charge on any atom is 0.293 e. The van der Waals surface area contributed by atoms with Crippen LogP contribution in [0.5, 0.6) is 11.5 Å². The predicted octanol–water partition coefficient (Wildman–Crippen LogP) is 0.685. The predicted molar refractivity (Wildman–Crippen MR) is 113 cm³/mol. The van der Waals surface area contributed by atoms with Crippen molar-refractivity contribution in [2.75, 3.05) is 38.0 Å². The number of nitro benzene ring substituents is 1. The Hall–Kier alpha value is -3.87. The van der Waals surface area contributed by atoms with Crippen LogP contribution in [0, 0.1) is 10.1 Å². The van der Waals surface area contributed by atoms with Crippen LogP contribution in [0.15, 0.2) is 41.3 Å². The largest absolute Gasteiger partial charge is 0.454 e. The number of nitrogens with zero attached hydrogens (tertiary/aromatic N) is 1. The maximum atomic E-state index is 12.2. The summed E-state index contributed by atoms with van der Waals surface area (Å²) in [7, 11) is -3.59. The molecule has 13 heteroatoms. The first kappa shape index (κ1) is 22.8. The van der Waals surface area contributed by atoms with E-state index in [1.54, 1.807) is 12.1 Å². The number of nitro groups is 1. The van der Waals surface area contributed by atoms with Gasteiger partial charge in [0.15, 0.2) is 21.3 Å². The topological polar surface area (TPSA) is 166 Å². The number of rotatable bonds is 9. The van der Waals surface area contributed by atoms with Crippen molar-refractivity contribution in [3.8, 4) is 11.5 Å². The van der Waals surface area contributed by atoms with E-state index in [2.05, 4.69) is 16.0 Å². The van der Waals surface area contributed by atoms with Gasteiger partial charge in [0.1, 0.15) is 5.69 Å². The summed E-state index contributed by atoms with van der Waals surface area (Å²) in [6.07, 6.45) is 0.958. The lowest BCUT2D eigenvalue weighted by Gasteiger charge is -2.10. The number of nitrogens with one attached hydrogen (secondary N) is 3. The van der Waals surface area contributed by atoms with Crippen molar-refractivity contribution in [1.82, 2.24) is 10.6 Å². The van der Waals surface area contributed by atoms with Crippen molar-refractivity contribution in [3.63, 3.8) is 0 Å². The minimum Gasteiger partial charge on any atom is -0.454 e. The van der Waals surface area contributed by atoms with Crippen LogP contribution in [-0.4, -0.2) is 57.8 Å². The number of carbonyl (C=O) groups is 2. The number of hydrogen-bond acceptors (Lipinski definition) is 9. The molecule has 1 aliphatic rings. The monoisotopic (exact) mass is 464 g/mol. The Bertz CT molecular complexity index is 1170. The Morgan fingerprint density at radius 2 is 1.81 bits per heavy atom. The highest BCUT2D eigenvalue weighted by Gasteiger charge is 2.19.